The predicted molar refractivity (Wildman–Crippen MR) is 77.3 cm³/mol. The van der Waals surface area contributed by atoms with E-state index in [0.717, 1.165) is 18.0 Å². The number of hydrogen-bond acceptors (Lipinski definition) is 3. The van der Waals surface area contributed by atoms with Crippen molar-refractivity contribution >= 4 is 11.6 Å². The summed E-state index contributed by atoms with van der Waals surface area (Å²) >= 11 is 6.02. The van der Waals surface area contributed by atoms with Crippen molar-refractivity contribution < 1.29 is 9.84 Å². The second kappa shape index (κ2) is 7.85. The fraction of sp³-hybridized carbons (Fsp3) is 0.600. The van der Waals surface area contributed by atoms with Gasteiger partial charge in [-0.25, -0.2) is 0 Å². The van der Waals surface area contributed by atoms with Crippen LogP contribution in [0, 0.1) is 5.92 Å². The maximum atomic E-state index is 9.76. The van der Waals surface area contributed by atoms with E-state index in [0.29, 0.717) is 24.8 Å². The molecule has 0 radical (unpaired) electrons. The SMILES string of the molecule is OC(CNCCC1CC1)COCc1ccccc1Cl. The van der Waals surface area contributed by atoms with E-state index in [-0.39, 0.29) is 0 Å². The third-order valence-electron chi connectivity index (χ3n) is 3.33. The Morgan fingerprint density at radius 2 is 2.16 bits per heavy atom. The Labute approximate surface area is 119 Å². The summed E-state index contributed by atoms with van der Waals surface area (Å²) in [7, 11) is 0. The molecule has 3 nitrogen and oxygen atoms in total. The Kier molecular flexibility index (Phi) is 6.11. The fourth-order valence-electron chi connectivity index (χ4n) is 1.96. The summed E-state index contributed by atoms with van der Waals surface area (Å²) in [5, 5.41) is 13.7. The second-order valence-electron chi connectivity index (χ2n) is 5.20. The summed E-state index contributed by atoms with van der Waals surface area (Å²) in [6.07, 6.45) is 3.53. The molecule has 0 saturated heterocycles. The molecule has 1 aromatic carbocycles. The molecule has 0 amide bonds. The first kappa shape index (κ1) is 14.8. The summed E-state index contributed by atoms with van der Waals surface area (Å²) < 4.78 is 5.48. The zero-order chi connectivity index (χ0) is 13.5. The molecular formula is C15H22ClNO2. The smallest absolute Gasteiger partial charge is 0.0897 e. The van der Waals surface area contributed by atoms with Gasteiger partial charge < -0.3 is 15.2 Å². The first-order chi connectivity index (χ1) is 9.25. The van der Waals surface area contributed by atoms with Gasteiger partial charge in [0.05, 0.1) is 19.3 Å². The standard InChI is InChI=1S/C15H22ClNO2/c16-15-4-2-1-3-13(15)10-19-11-14(18)9-17-8-7-12-5-6-12/h1-4,12,14,17-18H,5-11H2. The molecule has 0 heterocycles. The van der Waals surface area contributed by atoms with Crippen molar-refractivity contribution in [3.63, 3.8) is 0 Å². The first-order valence-electron chi connectivity index (χ1n) is 6.95. The van der Waals surface area contributed by atoms with Gasteiger partial charge in [0.15, 0.2) is 0 Å². The number of aliphatic hydroxyl groups is 1. The van der Waals surface area contributed by atoms with Gasteiger partial charge in [-0.1, -0.05) is 42.6 Å². The molecule has 2 rings (SSSR count). The van der Waals surface area contributed by atoms with E-state index < -0.39 is 6.10 Å². The van der Waals surface area contributed by atoms with E-state index in [1.165, 1.54) is 19.3 Å². The average Bonchev–Trinajstić information content (AvgIpc) is 3.21. The number of aliphatic hydroxyl groups excluding tert-OH is 1. The minimum atomic E-state index is -0.457. The van der Waals surface area contributed by atoms with E-state index in [1.54, 1.807) is 0 Å². The summed E-state index contributed by atoms with van der Waals surface area (Å²) in [4.78, 5) is 0. The van der Waals surface area contributed by atoms with Crippen molar-refractivity contribution in [3.05, 3.63) is 34.9 Å². The lowest BCUT2D eigenvalue weighted by Crippen LogP contribution is -2.31. The lowest BCUT2D eigenvalue weighted by Gasteiger charge is -2.12. The maximum Gasteiger partial charge on any atom is 0.0897 e. The molecule has 1 atom stereocenters. The summed E-state index contributed by atoms with van der Waals surface area (Å²) in [6.45, 7) is 2.36. The lowest BCUT2D eigenvalue weighted by atomic mass is 10.2. The van der Waals surface area contributed by atoms with Crippen LogP contribution in [0.4, 0.5) is 0 Å². The van der Waals surface area contributed by atoms with Gasteiger partial charge in [0, 0.05) is 11.6 Å². The van der Waals surface area contributed by atoms with Crippen LogP contribution in [0.3, 0.4) is 0 Å². The number of benzene rings is 1. The molecule has 1 saturated carbocycles. The summed E-state index contributed by atoms with van der Waals surface area (Å²) in [6, 6.07) is 7.60. The lowest BCUT2D eigenvalue weighted by molar-refractivity contribution is 0.0289. The van der Waals surface area contributed by atoms with E-state index in [4.69, 9.17) is 16.3 Å². The molecule has 1 aliphatic rings. The van der Waals surface area contributed by atoms with Crippen molar-refractivity contribution in [2.24, 2.45) is 5.92 Å². The highest BCUT2D eigenvalue weighted by molar-refractivity contribution is 6.31. The van der Waals surface area contributed by atoms with Gasteiger partial charge in [-0.05, 0) is 30.5 Å². The quantitative estimate of drug-likeness (QED) is 0.685. The molecule has 1 unspecified atom stereocenters. The Hall–Kier alpha value is -0.610. The highest BCUT2D eigenvalue weighted by Gasteiger charge is 2.20. The molecule has 1 aliphatic carbocycles. The Bertz CT molecular complexity index is 382. The number of ether oxygens (including phenoxy) is 1. The Balaban J connectivity index is 1.53. The van der Waals surface area contributed by atoms with Crippen LogP contribution in [-0.2, 0) is 11.3 Å². The minimum Gasteiger partial charge on any atom is -0.389 e. The fourth-order valence-corrected chi connectivity index (χ4v) is 2.15. The summed E-state index contributed by atoms with van der Waals surface area (Å²) in [5.41, 5.74) is 0.957. The van der Waals surface area contributed by atoms with Gasteiger partial charge in [0.25, 0.3) is 0 Å². The van der Waals surface area contributed by atoms with Crippen molar-refractivity contribution in [1.82, 2.24) is 5.32 Å². The van der Waals surface area contributed by atoms with Crippen LogP contribution >= 0.6 is 11.6 Å². The van der Waals surface area contributed by atoms with Crippen LogP contribution in [0.5, 0.6) is 0 Å². The van der Waals surface area contributed by atoms with Crippen molar-refractivity contribution in [2.75, 3.05) is 19.7 Å². The van der Waals surface area contributed by atoms with Crippen LogP contribution < -0.4 is 5.32 Å². The molecule has 19 heavy (non-hydrogen) atoms. The van der Waals surface area contributed by atoms with E-state index >= 15 is 0 Å². The number of hydrogen-bond donors (Lipinski definition) is 2. The maximum absolute atomic E-state index is 9.76. The van der Waals surface area contributed by atoms with Crippen LogP contribution in [-0.4, -0.2) is 30.9 Å². The van der Waals surface area contributed by atoms with Gasteiger partial charge in [-0.15, -0.1) is 0 Å². The molecule has 0 spiro atoms. The van der Waals surface area contributed by atoms with E-state index in [9.17, 15) is 5.11 Å². The molecule has 4 heteroatoms. The predicted octanol–water partition coefficient (Wildman–Crippen LogP) is 2.61. The molecule has 1 aromatic rings. The number of rotatable bonds is 9. The Morgan fingerprint density at radius 1 is 1.37 bits per heavy atom. The minimum absolute atomic E-state index is 0.335. The number of halogens is 1. The first-order valence-corrected chi connectivity index (χ1v) is 7.33. The van der Waals surface area contributed by atoms with E-state index in [2.05, 4.69) is 5.32 Å². The van der Waals surface area contributed by atoms with Crippen molar-refractivity contribution in [3.8, 4) is 0 Å². The number of nitrogens with one attached hydrogen (secondary N) is 1. The second-order valence-corrected chi connectivity index (χ2v) is 5.60. The average molecular weight is 284 g/mol. The zero-order valence-electron chi connectivity index (χ0n) is 11.1. The van der Waals surface area contributed by atoms with Crippen LogP contribution in [0.1, 0.15) is 24.8 Å². The molecule has 0 aromatic heterocycles. The van der Waals surface area contributed by atoms with Crippen molar-refractivity contribution in [1.29, 1.82) is 0 Å². The Morgan fingerprint density at radius 3 is 2.89 bits per heavy atom. The summed E-state index contributed by atoms with van der Waals surface area (Å²) in [5.74, 6) is 0.932. The largest absolute Gasteiger partial charge is 0.389 e. The van der Waals surface area contributed by atoms with Gasteiger partial charge in [-0.2, -0.15) is 0 Å². The van der Waals surface area contributed by atoms with Crippen LogP contribution in [0.25, 0.3) is 0 Å². The molecular weight excluding hydrogens is 262 g/mol. The topological polar surface area (TPSA) is 41.5 Å². The van der Waals surface area contributed by atoms with Gasteiger partial charge in [0.2, 0.25) is 0 Å². The third-order valence-corrected chi connectivity index (χ3v) is 3.70. The van der Waals surface area contributed by atoms with Gasteiger partial charge >= 0.3 is 0 Å². The third kappa shape index (κ3) is 5.91. The van der Waals surface area contributed by atoms with E-state index in [1.807, 2.05) is 24.3 Å². The highest BCUT2D eigenvalue weighted by Crippen LogP contribution is 2.31. The normalized spacial score (nSPS) is 16.5. The monoisotopic (exact) mass is 283 g/mol. The van der Waals surface area contributed by atoms with Crippen molar-refractivity contribution in [2.45, 2.75) is 32.0 Å². The molecule has 0 aliphatic heterocycles. The molecule has 0 bridgehead atoms. The van der Waals surface area contributed by atoms with Gasteiger partial charge in [0.1, 0.15) is 0 Å². The van der Waals surface area contributed by atoms with Crippen LogP contribution in [0.2, 0.25) is 5.02 Å². The highest BCUT2D eigenvalue weighted by atomic mass is 35.5. The van der Waals surface area contributed by atoms with Gasteiger partial charge in [-0.3, -0.25) is 0 Å². The molecule has 2 N–H and O–H groups in total. The van der Waals surface area contributed by atoms with Crippen LogP contribution in [0.15, 0.2) is 24.3 Å². The zero-order valence-corrected chi connectivity index (χ0v) is 11.9. The molecule has 1 fully saturated rings. The molecule has 106 valence electrons.